The highest BCUT2D eigenvalue weighted by molar-refractivity contribution is 7.89. The molecule has 0 saturated carbocycles. The Kier molecular flexibility index (Phi) is 4.49. The maximum absolute atomic E-state index is 11.3. The van der Waals surface area contributed by atoms with E-state index in [1.165, 1.54) is 0 Å². The average molecular weight is 235 g/mol. The highest BCUT2D eigenvalue weighted by Crippen LogP contribution is 2.07. The van der Waals surface area contributed by atoms with Crippen LogP contribution in [0.4, 0.5) is 0 Å². The summed E-state index contributed by atoms with van der Waals surface area (Å²) < 4.78 is 21.1. The topological polar surface area (TPSA) is 101 Å². The highest BCUT2D eigenvalue weighted by Gasteiger charge is 2.19. The van der Waals surface area contributed by atoms with Crippen molar-refractivity contribution in [2.75, 3.05) is 25.4 Å². The minimum absolute atomic E-state index is 0.0177. The molecule has 0 radical (unpaired) electrons. The zero-order valence-corrected chi connectivity index (χ0v) is 9.35. The van der Waals surface area contributed by atoms with Crippen molar-refractivity contribution in [1.29, 1.82) is 0 Å². The highest BCUT2D eigenvalue weighted by atomic mass is 32.2. The molecular weight excluding hydrogens is 218 g/mol. The lowest BCUT2D eigenvalue weighted by molar-refractivity contribution is -0.122. The molecule has 6 nitrogen and oxygen atoms in total. The minimum atomic E-state index is -3.40. The van der Waals surface area contributed by atoms with Gasteiger partial charge in [0, 0.05) is 13.0 Å². The first-order chi connectivity index (χ1) is 6.97. The van der Waals surface area contributed by atoms with E-state index in [0.29, 0.717) is 25.3 Å². The molecule has 0 bridgehead atoms. The summed E-state index contributed by atoms with van der Waals surface area (Å²) in [5, 5.41) is 10.6. The normalized spacial score (nSPS) is 17.1. The average Bonchev–Trinajstić information content (AvgIpc) is 2.04. The van der Waals surface area contributed by atoms with Crippen molar-refractivity contribution in [2.24, 2.45) is 11.1 Å². The number of carbonyl (C=O) groups is 1. The summed E-state index contributed by atoms with van der Waals surface area (Å²) in [6.07, 6.45) is 0.885. The number of nitrogens with two attached hydrogens (primary N) is 1. The molecule has 0 spiro atoms. The zero-order chi connectivity index (χ0) is 11.3. The molecule has 0 unspecified atom stereocenters. The summed E-state index contributed by atoms with van der Waals surface area (Å²) in [7, 11) is -3.40. The van der Waals surface area contributed by atoms with E-state index in [1.54, 1.807) is 0 Å². The summed E-state index contributed by atoms with van der Waals surface area (Å²) in [4.78, 5) is 11.3. The second kappa shape index (κ2) is 5.43. The van der Waals surface area contributed by atoms with Crippen molar-refractivity contribution >= 4 is 15.9 Å². The predicted molar refractivity (Wildman–Crippen MR) is 56.6 cm³/mol. The molecule has 0 aromatic carbocycles. The Hall–Kier alpha value is -0.660. The fourth-order valence-electron chi connectivity index (χ4n) is 1.33. The van der Waals surface area contributed by atoms with Gasteiger partial charge in [0.25, 0.3) is 0 Å². The van der Waals surface area contributed by atoms with E-state index in [-0.39, 0.29) is 11.7 Å². The van der Waals surface area contributed by atoms with Gasteiger partial charge in [0.15, 0.2) is 0 Å². The molecule has 1 saturated heterocycles. The molecule has 1 aliphatic rings. The van der Waals surface area contributed by atoms with E-state index >= 15 is 0 Å². The smallest absolute Gasteiger partial charge is 0.220 e. The molecule has 0 aromatic heterocycles. The summed E-state index contributed by atoms with van der Waals surface area (Å²) in [6, 6.07) is 0. The fraction of sp³-hybridized carbons (Fsp3) is 0.875. The molecule has 7 heteroatoms. The molecule has 1 rings (SSSR count). The van der Waals surface area contributed by atoms with Gasteiger partial charge in [0.05, 0.1) is 5.75 Å². The maximum Gasteiger partial charge on any atom is 0.220 e. The fourth-order valence-corrected chi connectivity index (χ4v) is 1.88. The van der Waals surface area contributed by atoms with Gasteiger partial charge in [-0.1, -0.05) is 0 Å². The zero-order valence-electron chi connectivity index (χ0n) is 8.53. The van der Waals surface area contributed by atoms with Crippen LogP contribution in [0.15, 0.2) is 0 Å². The van der Waals surface area contributed by atoms with E-state index in [2.05, 4.69) is 10.6 Å². The molecule has 15 heavy (non-hydrogen) atoms. The van der Waals surface area contributed by atoms with Gasteiger partial charge < -0.3 is 10.6 Å². The number of primary sulfonamides is 1. The third-order valence-electron chi connectivity index (χ3n) is 2.27. The third kappa shape index (κ3) is 5.71. The molecule has 88 valence electrons. The van der Waals surface area contributed by atoms with Crippen LogP contribution in [0.25, 0.3) is 0 Å². The molecule has 1 amide bonds. The number of sulfonamides is 1. The van der Waals surface area contributed by atoms with Crippen LogP contribution < -0.4 is 15.8 Å². The van der Waals surface area contributed by atoms with Gasteiger partial charge in [0.1, 0.15) is 0 Å². The Morgan fingerprint density at radius 2 is 2.13 bits per heavy atom. The molecular formula is C8H17N3O3S. The quantitative estimate of drug-likeness (QED) is 0.482. The van der Waals surface area contributed by atoms with Crippen LogP contribution in [-0.2, 0) is 14.8 Å². The first-order valence-electron chi connectivity index (χ1n) is 4.95. The van der Waals surface area contributed by atoms with Crippen LogP contribution in [0.1, 0.15) is 12.8 Å². The molecule has 4 N–H and O–H groups in total. The van der Waals surface area contributed by atoms with Crippen LogP contribution in [0, 0.1) is 5.92 Å². The lowest BCUT2D eigenvalue weighted by atomic mass is 9.99. The first kappa shape index (κ1) is 12.4. The standard InChI is InChI=1S/C8H17N3O3S/c9-15(13,14)3-1-2-11-8(12)4-7-5-10-6-7/h7,10H,1-6H2,(H,11,12)(H2,9,13,14). The second-order valence-corrected chi connectivity index (χ2v) is 5.53. The van der Waals surface area contributed by atoms with Gasteiger partial charge >= 0.3 is 0 Å². The van der Waals surface area contributed by atoms with Gasteiger partial charge in [-0.3, -0.25) is 4.79 Å². The van der Waals surface area contributed by atoms with Crippen molar-refractivity contribution in [3.8, 4) is 0 Å². The summed E-state index contributed by atoms with van der Waals surface area (Å²) in [6.45, 7) is 2.16. The Morgan fingerprint density at radius 1 is 1.47 bits per heavy atom. The maximum atomic E-state index is 11.3. The van der Waals surface area contributed by atoms with E-state index < -0.39 is 10.0 Å². The van der Waals surface area contributed by atoms with Crippen LogP contribution in [0.5, 0.6) is 0 Å². The largest absolute Gasteiger partial charge is 0.356 e. The number of hydrogen-bond acceptors (Lipinski definition) is 4. The Bertz CT molecular complexity index is 311. The Morgan fingerprint density at radius 3 is 2.60 bits per heavy atom. The SMILES string of the molecule is NS(=O)(=O)CCCNC(=O)CC1CNC1. The van der Waals surface area contributed by atoms with Gasteiger partial charge in [-0.15, -0.1) is 0 Å². The van der Waals surface area contributed by atoms with E-state index in [9.17, 15) is 13.2 Å². The molecule has 1 aliphatic heterocycles. The van der Waals surface area contributed by atoms with Crippen LogP contribution in [0.3, 0.4) is 0 Å². The second-order valence-electron chi connectivity index (χ2n) is 3.80. The van der Waals surface area contributed by atoms with E-state index in [0.717, 1.165) is 13.1 Å². The van der Waals surface area contributed by atoms with Gasteiger partial charge in [-0.05, 0) is 25.4 Å². The van der Waals surface area contributed by atoms with Gasteiger partial charge in [-0.25, -0.2) is 13.6 Å². The number of amides is 1. The molecule has 0 aliphatic carbocycles. The number of rotatable bonds is 6. The van der Waals surface area contributed by atoms with Gasteiger partial charge in [-0.2, -0.15) is 0 Å². The van der Waals surface area contributed by atoms with Crippen molar-refractivity contribution in [3.63, 3.8) is 0 Å². The lowest BCUT2D eigenvalue weighted by Crippen LogP contribution is -2.44. The molecule has 1 heterocycles. The van der Waals surface area contributed by atoms with Crippen LogP contribution in [0.2, 0.25) is 0 Å². The van der Waals surface area contributed by atoms with Crippen molar-refractivity contribution in [3.05, 3.63) is 0 Å². The number of carbonyl (C=O) groups excluding carboxylic acids is 1. The summed E-state index contributed by atoms with van der Waals surface area (Å²) in [5.41, 5.74) is 0. The minimum Gasteiger partial charge on any atom is -0.356 e. The summed E-state index contributed by atoms with van der Waals surface area (Å²) in [5.74, 6) is 0.331. The number of nitrogens with one attached hydrogen (secondary N) is 2. The Labute approximate surface area is 89.6 Å². The molecule has 0 atom stereocenters. The monoisotopic (exact) mass is 235 g/mol. The van der Waals surface area contributed by atoms with E-state index in [4.69, 9.17) is 5.14 Å². The first-order valence-corrected chi connectivity index (χ1v) is 6.67. The van der Waals surface area contributed by atoms with Crippen molar-refractivity contribution < 1.29 is 13.2 Å². The molecule has 1 fully saturated rings. The summed E-state index contributed by atoms with van der Waals surface area (Å²) >= 11 is 0. The molecule has 0 aromatic rings. The number of hydrogen-bond donors (Lipinski definition) is 3. The van der Waals surface area contributed by atoms with Crippen molar-refractivity contribution in [1.82, 2.24) is 10.6 Å². The van der Waals surface area contributed by atoms with Crippen LogP contribution in [-0.4, -0.2) is 39.7 Å². The van der Waals surface area contributed by atoms with Crippen molar-refractivity contribution in [2.45, 2.75) is 12.8 Å². The van der Waals surface area contributed by atoms with Gasteiger partial charge in [0.2, 0.25) is 15.9 Å². The Balaban J connectivity index is 2.01. The third-order valence-corrected chi connectivity index (χ3v) is 3.13. The lowest BCUT2D eigenvalue weighted by Gasteiger charge is -2.26. The predicted octanol–water partition coefficient (Wildman–Crippen LogP) is -1.61. The van der Waals surface area contributed by atoms with Crippen LogP contribution >= 0.6 is 0 Å². The van der Waals surface area contributed by atoms with E-state index in [1.807, 2.05) is 0 Å².